The second kappa shape index (κ2) is 17.8. The second-order valence-electron chi connectivity index (χ2n) is 13.4. The molecule has 0 atom stereocenters. The summed E-state index contributed by atoms with van der Waals surface area (Å²) < 4.78 is 15.8. The third-order valence-electron chi connectivity index (χ3n) is 6.79. The van der Waals surface area contributed by atoms with Gasteiger partial charge in [-0.2, -0.15) is 4.37 Å². The number of nitrogens with two attached hydrogens (primary N) is 3. The molecule has 0 aliphatic heterocycles. The summed E-state index contributed by atoms with van der Waals surface area (Å²) in [5.74, 6) is 1.54. The zero-order chi connectivity index (χ0) is 37.0. The molecule has 4 heterocycles. The fraction of sp³-hybridized carbons (Fsp3) is 0.474. The molecule has 10 heteroatoms. The maximum absolute atomic E-state index is 5.79. The van der Waals surface area contributed by atoms with E-state index in [2.05, 4.69) is 88.1 Å². The van der Waals surface area contributed by atoms with E-state index >= 15 is 0 Å². The van der Waals surface area contributed by atoms with Crippen LogP contribution >= 0.6 is 11.5 Å². The number of anilines is 3. The van der Waals surface area contributed by atoms with Crippen LogP contribution in [0, 0.1) is 0 Å². The van der Waals surface area contributed by atoms with Crippen molar-refractivity contribution in [1.82, 2.24) is 19.7 Å². The van der Waals surface area contributed by atoms with Crippen LogP contribution in [0.25, 0.3) is 32.0 Å². The molecule has 0 amide bonds. The highest BCUT2D eigenvalue weighted by Gasteiger charge is 2.23. The van der Waals surface area contributed by atoms with Crippen LogP contribution in [0.3, 0.4) is 0 Å². The Kier molecular flexibility index (Phi) is 15.5. The van der Waals surface area contributed by atoms with Crippen molar-refractivity contribution < 1.29 is 9.05 Å². The molecule has 264 valence electrons. The van der Waals surface area contributed by atoms with Gasteiger partial charge in [0.25, 0.3) is 0 Å². The zero-order valence-electron chi connectivity index (χ0n) is 31.9. The number of fused-ring (bicyclic) bond motifs is 3. The topological polar surface area (TPSA) is 156 Å². The predicted octanol–water partition coefficient (Wildman–Crippen LogP) is 11.1. The molecule has 0 unspecified atom stereocenters. The maximum Gasteiger partial charge on any atom is 0.191 e. The summed E-state index contributed by atoms with van der Waals surface area (Å²) in [6.45, 7) is 31.3. The van der Waals surface area contributed by atoms with Crippen molar-refractivity contribution in [1.29, 1.82) is 0 Å². The average Bonchev–Trinajstić information content (AvgIpc) is 3.75. The highest BCUT2D eigenvalue weighted by atomic mass is 32.1. The molecule has 6 rings (SSSR count). The molecule has 0 aliphatic carbocycles. The van der Waals surface area contributed by atoms with Crippen LogP contribution in [-0.4, -0.2) is 19.7 Å². The minimum Gasteiger partial charge on any atom is -0.382 e. The van der Waals surface area contributed by atoms with Crippen molar-refractivity contribution in [3.8, 4) is 0 Å². The average molecular weight is 678 g/mol. The van der Waals surface area contributed by atoms with Gasteiger partial charge >= 0.3 is 0 Å². The first kappa shape index (κ1) is 41.8. The highest BCUT2D eigenvalue weighted by molar-refractivity contribution is 7.14. The first-order valence-electron chi connectivity index (χ1n) is 16.8. The van der Waals surface area contributed by atoms with Gasteiger partial charge in [0.05, 0.1) is 21.2 Å². The van der Waals surface area contributed by atoms with E-state index in [1.807, 2.05) is 77.9 Å². The Labute approximate surface area is 291 Å². The van der Waals surface area contributed by atoms with Gasteiger partial charge in [-0.3, -0.25) is 4.98 Å². The lowest BCUT2D eigenvalue weighted by Gasteiger charge is -2.19. The lowest BCUT2D eigenvalue weighted by molar-refractivity contribution is 0.446. The van der Waals surface area contributed by atoms with Gasteiger partial charge < -0.3 is 26.2 Å². The minimum absolute atomic E-state index is 0.0471. The molecule has 4 aromatic heterocycles. The fourth-order valence-corrected chi connectivity index (χ4v) is 5.60. The van der Waals surface area contributed by atoms with Crippen molar-refractivity contribution >= 4 is 61.0 Å². The molecule has 6 aromatic rings. The molecule has 48 heavy (non-hydrogen) atoms. The number of aromatic nitrogens is 4. The number of rotatable bonds is 0. The van der Waals surface area contributed by atoms with Gasteiger partial charge in [0.2, 0.25) is 0 Å². The summed E-state index contributed by atoms with van der Waals surface area (Å²) in [7, 11) is 0. The van der Waals surface area contributed by atoms with Crippen molar-refractivity contribution in [2.45, 2.75) is 120 Å². The summed E-state index contributed by atoms with van der Waals surface area (Å²) in [4.78, 5) is 4.30. The SMILES string of the molecule is CC.CC.CC.CC(C)(C)c1cccc2c(N)noc12.CC(C)(C)c1cccc2c(N)nsc12.CC(C)(C)c1nccc2c(N)noc12. The van der Waals surface area contributed by atoms with Crippen molar-refractivity contribution in [3.63, 3.8) is 0 Å². The van der Waals surface area contributed by atoms with Gasteiger partial charge in [0.15, 0.2) is 22.8 Å². The van der Waals surface area contributed by atoms with Gasteiger partial charge in [-0.25, -0.2) is 0 Å². The molecule has 2 aromatic carbocycles. The first-order chi connectivity index (χ1) is 22.5. The standard InChI is InChI=1S/C11H14N2O.C11H14N2S.C10H13N3O.3C2H6/c2*1-11(2,3)8-6-4-5-7-9(8)14-13-10(7)12;1-10(2,3)8-7-6(4-5-12-8)9(11)13-14-7;3*1-2/h2*4-6H,1-3H3,(H2,12,13);4-5H,1-3H3,(H2,11,13);3*1-2H3. The van der Waals surface area contributed by atoms with Crippen molar-refractivity contribution in [2.75, 3.05) is 17.2 Å². The largest absolute Gasteiger partial charge is 0.382 e. The van der Waals surface area contributed by atoms with Gasteiger partial charge in [0, 0.05) is 22.6 Å². The van der Waals surface area contributed by atoms with E-state index in [9.17, 15) is 0 Å². The quantitative estimate of drug-likeness (QED) is 0.142. The Morgan fingerprint density at radius 2 is 1.00 bits per heavy atom. The third kappa shape index (κ3) is 10.2. The van der Waals surface area contributed by atoms with Crippen LogP contribution in [0.15, 0.2) is 57.7 Å². The number of benzene rings is 2. The van der Waals surface area contributed by atoms with E-state index < -0.39 is 0 Å². The van der Waals surface area contributed by atoms with E-state index in [4.69, 9.17) is 26.2 Å². The Hall–Kier alpha value is -4.18. The number of hydrogen-bond acceptors (Lipinski definition) is 10. The van der Waals surface area contributed by atoms with Crippen molar-refractivity contribution in [2.24, 2.45) is 0 Å². The van der Waals surface area contributed by atoms with E-state index in [0.29, 0.717) is 23.0 Å². The summed E-state index contributed by atoms with van der Waals surface area (Å²) in [6, 6.07) is 14.0. The van der Waals surface area contributed by atoms with Crippen molar-refractivity contribution in [3.05, 3.63) is 65.5 Å². The van der Waals surface area contributed by atoms with Crippen LogP contribution in [0.4, 0.5) is 17.5 Å². The molecule has 0 radical (unpaired) electrons. The van der Waals surface area contributed by atoms with Gasteiger partial charge in [-0.05, 0) is 46.1 Å². The number of nitrogens with zero attached hydrogens (tertiary/aromatic N) is 4. The lowest BCUT2D eigenvalue weighted by Crippen LogP contribution is -2.13. The normalized spacial score (nSPS) is 11.1. The Morgan fingerprint density at radius 3 is 1.50 bits per heavy atom. The Balaban J connectivity index is 0.000000333. The number of para-hydroxylation sites is 1. The number of hydrogen-bond donors (Lipinski definition) is 3. The minimum atomic E-state index is -0.0640. The fourth-order valence-electron chi connectivity index (χ4n) is 4.56. The lowest BCUT2D eigenvalue weighted by atomic mass is 9.86. The van der Waals surface area contributed by atoms with Crippen LogP contribution in [0.5, 0.6) is 0 Å². The van der Waals surface area contributed by atoms with Crippen LogP contribution in [0.1, 0.15) is 121 Å². The maximum atomic E-state index is 5.79. The molecule has 0 saturated heterocycles. The first-order valence-corrected chi connectivity index (χ1v) is 17.6. The van der Waals surface area contributed by atoms with E-state index in [0.717, 1.165) is 33.0 Å². The molecular weight excluding hydrogens is 619 g/mol. The number of nitrogen functional groups attached to an aromatic ring is 3. The molecule has 9 nitrogen and oxygen atoms in total. The van der Waals surface area contributed by atoms with Crippen LogP contribution in [0.2, 0.25) is 0 Å². The van der Waals surface area contributed by atoms with Gasteiger partial charge in [-0.1, -0.05) is 138 Å². The molecule has 0 spiro atoms. The predicted molar refractivity (Wildman–Crippen MR) is 209 cm³/mol. The Morgan fingerprint density at radius 1 is 0.542 bits per heavy atom. The number of pyridine rings is 1. The molecular formula is C38H59N7O2S. The molecule has 0 fully saturated rings. The molecule has 0 bridgehead atoms. The van der Waals surface area contributed by atoms with Crippen LogP contribution in [-0.2, 0) is 16.2 Å². The van der Waals surface area contributed by atoms with E-state index in [1.54, 1.807) is 6.20 Å². The monoisotopic (exact) mass is 677 g/mol. The van der Waals surface area contributed by atoms with Crippen LogP contribution < -0.4 is 17.2 Å². The summed E-state index contributed by atoms with van der Waals surface area (Å²) in [5.41, 5.74) is 22.1. The van der Waals surface area contributed by atoms with E-state index in [-0.39, 0.29) is 16.2 Å². The summed E-state index contributed by atoms with van der Waals surface area (Å²) in [5, 5.41) is 10.3. The van der Waals surface area contributed by atoms with Gasteiger partial charge in [-0.15, -0.1) is 0 Å². The third-order valence-corrected chi connectivity index (χ3v) is 7.71. The summed E-state index contributed by atoms with van der Waals surface area (Å²) in [6.07, 6.45) is 1.73. The smallest absolute Gasteiger partial charge is 0.191 e. The zero-order valence-corrected chi connectivity index (χ0v) is 32.7. The second-order valence-corrected chi connectivity index (χ2v) is 14.1. The van der Waals surface area contributed by atoms with E-state index in [1.165, 1.54) is 21.8 Å². The molecule has 0 saturated carbocycles. The Bertz CT molecular complexity index is 1620. The highest BCUT2D eigenvalue weighted by Crippen LogP contribution is 2.35. The molecule has 6 N–H and O–H groups in total. The molecule has 0 aliphatic rings. The van der Waals surface area contributed by atoms with Gasteiger partial charge in [0.1, 0.15) is 5.82 Å². The summed E-state index contributed by atoms with van der Waals surface area (Å²) >= 11 is 1.49.